The number of benzene rings is 1. The Morgan fingerprint density at radius 1 is 1.27 bits per heavy atom. The monoisotopic (exact) mass is 350 g/mol. The number of carbonyl (C=O) groups excluding carboxylic acids is 1. The topological polar surface area (TPSA) is 64.2 Å². The molecule has 0 radical (unpaired) electrons. The van der Waals surface area contributed by atoms with Gasteiger partial charge in [0.25, 0.3) is 0 Å². The summed E-state index contributed by atoms with van der Waals surface area (Å²) in [5.74, 6) is 1.90. The number of nitrogens with zero attached hydrogens (tertiary/aromatic N) is 4. The van der Waals surface area contributed by atoms with E-state index in [4.69, 9.17) is 4.42 Å². The molecule has 0 saturated carbocycles. The predicted molar refractivity (Wildman–Crippen MR) is 96.5 cm³/mol. The molecule has 4 rings (SSSR count). The Kier molecular flexibility index (Phi) is 4.82. The third-order valence-corrected chi connectivity index (χ3v) is 4.79. The van der Waals surface area contributed by atoms with E-state index in [-0.39, 0.29) is 11.8 Å². The summed E-state index contributed by atoms with van der Waals surface area (Å²) in [6.45, 7) is 1.79. The first kappa shape index (κ1) is 16.6. The minimum Gasteiger partial charge on any atom is -0.445 e. The fourth-order valence-corrected chi connectivity index (χ4v) is 3.43. The van der Waals surface area contributed by atoms with Crippen LogP contribution >= 0.6 is 0 Å². The zero-order valence-electron chi connectivity index (χ0n) is 14.6. The summed E-state index contributed by atoms with van der Waals surface area (Å²) in [6, 6.07) is 10.2. The molecule has 3 heterocycles. The quantitative estimate of drug-likeness (QED) is 0.710. The number of oxazole rings is 1. The van der Waals surface area contributed by atoms with Crippen molar-refractivity contribution in [3.05, 3.63) is 72.5 Å². The fourth-order valence-electron chi connectivity index (χ4n) is 3.43. The highest BCUT2D eigenvalue weighted by molar-refractivity contribution is 5.76. The average molecular weight is 350 g/mol. The number of aromatic nitrogens is 3. The Labute approximate surface area is 152 Å². The van der Waals surface area contributed by atoms with Crippen LogP contribution in [0.2, 0.25) is 0 Å². The van der Waals surface area contributed by atoms with E-state index >= 15 is 0 Å². The molecule has 1 fully saturated rings. The number of likely N-dealkylation sites (tertiary alicyclic amines) is 1. The van der Waals surface area contributed by atoms with Crippen LogP contribution in [0, 0.1) is 0 Å². The molecule has 0 bridgehead atoms. The zero-order valence-corrected chi connectivity index (χ0v) is 14.6. The number of hydrogen-bond donors (Lipinski definition) is 0. The van der Waals surface area contributed by atoms with Crippen LogP contribution in [0.1, 0.15) is 36.0 Å². The first-order valence-electron chi connectivity index (χ1n) is 9.00. The standard InChI is InChI=1S/C20H22N4O2/c25-19(14-23-10-8-21-15-23)24-9-4-7-17(13-24)20-22-12-18(26-20)11-16-5-2-1-3-6-16/h1-3,5-6,8,10,12,15,17H,4,7,9,11,13-14H2/t17-/m1/s1. The van der Waals surface area contributed by atoms with Crippen LogP contribution in [0.25, 0.3) is 0 Å². The van der Waals surface area contributed by atoms with Gasteiger partial charge >= 0.3 is 0 Å². The van der Waals surface area contributed by atoms with Gasteiger partial charge in [-0.15, -0.1) is 0 Å². The molecule has 1 atom stereocenters. The summed E-state index contributed by atoms with van der Waals surface area (Å²) >= 11 is 0. The number of piperidine rings is 1. The van der Waals surface area contributed by atoms with Crippen molar-refractivity contribution in [3.8, 4) is 0 Å². The first-order chi connectivity index (χ1) is 12.8. The van der Waals surface area contributed by atoms with E-state index in [0.29, 0.717) is 13.1 Å². The average Bonchev–Trinajstić information content (AvgIpc) is 3.35. The molecule has 0 spiro atoms. The lowest BCUT2D eigenvalue weighted by atomic mass is 9.98. The van der Waals surface area contributed by atoms with E-state index in [1.807, 2.05) is 35.5 Å². The maximum absolute atomic E-state index is 12.5. The second kappa shape index (κ2) is 7.56. The summed E-state index contributed by atoms with van der Waals surface area (Å²) in [6.07, 6.45) is 9.69. The van der Waals surface area contributed by atoms with Crippen molar-refractivity contribution in [1.82, 2.24) is 19.4 Å². The lowest BCUT2D eigenvalue weighted by Crippen LogP contribution is -2.40. The number of rotatable bonds is 5. The highest BCUT2D eigenvalue weighted by Gasteiger charge is 2.27. The maximum atomic E-state index is 12.5. The second-order valence-corrected chi connectivity index (χ2v) is 6.74. The normalized spacial score (nSPS) is 17.4. The number of imidazole rings is 1. The van der Waals surface area contributed by atoms with E-state index in [0.717, 1.165) is 37.5 Å². The summed E-state index contributed by atoms with van der Waals surface area (Å²) in [7, 11) is 0. The zero-order chi connectivity index (χ0) is 17.8. The molecule has 3 aromatic rings. The van der Waals surface area contributed by atoms with Gasteiger partial charge in [-0.3, -0.25) is 4.79 Å². The van der Waals surface area contributed by atoms with E-state index in [1.54, 1.807) is 17.1 Å². The molecule has 0 N–H and O–H groups in total. The van der Waals surface area contributed by atoms with E-state index in [1.165, 1.54) is 5.56 Å². The lowest BCUT2D eigenvalue weighted by molar-refractivity contribution is -0.133. The Morgan fingerprint density at radius 3 is 2.96 bits per heavy atom. The fraction of sp³-hybridized carbons (Fsp3) is 0.350. The third kappa shape index (κ3) is 3.85. The van der Waals surface area contributed by atoms with Crippen LogP contribution < -0.4 is 0 Å². The van der Waals surface area contributed by atoms with Crippen LogP contribution in [-0.4, -0.2) is 38.4 Å². The van der Waals surface area contributed by atoms with Gasteiger partial charge in [0.15, 0.2) is 5.89 Å². The molecular formula is C20H22N4O2. The van der Waals surface area contributed by atoms with Crippen molar-refractivity contribution >= 4 is 5.91 Å². The number of amides is 1. The Balaban J connectivity index is 1.39. The van der Waals surface area contributed by atoms with E-state index in [2.05, 4.69) is 22.1 Å². The first-order valence-corrected chi connectivity index (χ1v) is 9.00. The summed E-state index contributed by atoms with van der Waals surface area (Å²) in [5, 5.41) is 0. The molecule has 2 aromatic heterocycles. The third-order valence-electron chi connectivity index (χ3n) is 4.79. The molecule has 0 aliphatic carbocycles. The summed E-state index contributed by atoms with van der Waals surface area (Å²) in [4.78, 5) is 22.9. The van der Waals surface area contributed by atoms with Gasteiger partial charge in [-0.05, 0) is 18.4 Å². The van der Waals surface area contributed by atoms with Crippen molar-refractivity contribution < 1.29 is 9.21 Å². The highest BCUT2D eigenvalue weighted by Crippen LogP contribution is 2.27. The SMILES string of the molecule is O=C(Cn1ccnc1)N1CCC[C@@H](c2ncc(Cc3ccccc3)o2)C1. The van der Waals surface area contributed by atoms with Gasteiger partial charge < -0.3 is 13.9 Å². The van der Waals surface area contributed by atoms with Gasteiger partial charge in [-0.25, -0.2) is 9.97 Å². The predicted octanol–water partition coefficient (Wildman–Crippen LogP) is 2.87. The van der Waals surface area contributed by atoms with Crippen LogP contribution in [0.15, 0.2) is 59.7 Å². The molecule has 6 heteroatoms. The molecule has 0 unspecified atom stereocenters. The van der Waals surface area contributed by atoms with E-state index < -0.39 is 0 Å². The second-order valence-electron chi connectivity index (χ2n) is 6.74. The van der Waals surface area contributed by atoms with Gasteiger partial charge in [0.1, 0.15) is 12.3 Å². The molecule has 6 nitrogen and oxygen atoms in total. The van der Waals surface area contributed by atoms with E-state index in [9.17, 15) is 4.79 Å². The highest BCUT2D eigenvalue weighted by atomic mass is 16.4. The lowest BCUT2D eigenvalue weighted by Gasteiger charge is -2.31. The Hall–Kier alpha value is -2.89. The molecule has 1 aliphatic heterocycles. The van der Waals surface area contributed by atoms with Gasteiger partial charge in [-0.1, -0.05) is 30.3 Å². The van der Waals surface area contributed by atoms with Crippen molar-refractivity contribution in [3.63, 3.8) is 0 Å². The molecular weight excluding hydrogens is 328 g/mol. The van der Waals surface area contributed by atoms with Crippen molar-refractivity contribution in [1.29, 1.82) is 0 Å². The van der Waals surface area contributed by atoms with Crippen LogP contribution in [0.3, 0.4) is 0 Å². The Morgan fingerprint density at radius 2 is 2.15 bits per heavy atom. The summed E-state index contributed by atoms with van der Waals surface area (Å²) in [5.41, 5.74) is 1.20. The van der Waals surface area contributed by atoms with Crippen molar-refractivity contribution in [2.75, 3.05) is 13.1 Å². The molecule has 1 amide bonds. The van der Waals surface area contributed by atoms with Gasteiger partial charge in [0, 0.05) is 31.9 Å². The van der Waals surface area contributed by atoms with Crippen LogP contribution in [-0.2, 0) is 17.8 Å². The Bertz CT molecular complexity index is 842. The van der Waals surface area contributed by atoms with Gasteiger partial charge in [-0.2, -0.15) is 0 Å². The number of hydrogen-bond acceptors (Lipinski definition) is 4. The van der Waals surface area contributed by atoms with Crippen molar-refractivity contribution in [2.24, 2.45) is 0 Å². The van der Waals surface area contributed by atoms with Gasteiger partial charge in [0.2, 0.25) is 5.91 Å². The molecule has 1 aliphatic rings. The minimum atomic E-state index is 0.115. The van der Waals surface area contributed by atoms with Crippen LogP contribution in [0.4, 0.5) is 0 Å². The smallest absolute Gasteiger partial charge is 0.242 e. The van der Waals surface area contributed by atoms with Crippen molar-refractivity contribution in [2.45, 2.75) is 31.7 Å². The molecule has 26 heavy (non-hydrogen) atoms. The maximum Gasteiger partial charge on any atom is 0.242 e. The summed E-state index contributed by atoms with van der Waals surface area (Å²) < 4.78 is 7.80. The van der Waals surface area contributed by atoms with Crippen LogP contribution in [0.5, 0.6) is 0 Å². The molecule has 1 aromatic carbocycles. The largest absolute Gasteiger partial charge is 0.445 e. The minimum absolute atomic E-state index is 0.115. The number of carbonyl (C=O) groups is 1. The molecule has 134 valence electrons. The van der Waals surface area contributed by atoms with Gasteiger partial charge in [0.05, 0.1) is 18.4 Å². The molecule has 1 saturated heterocycles.